The number of nitrogens with zero attached hydrogens (tertiary/aromatic N) is 3. The van der Waals surface area contributed by atoms with E-state index in [1.807, 2.05) is 56.3 Å². The fraction of sp³-hybridized carbons (Fsp3) is 0.500. The lowest BCUT2D eigenvalue weighted by molar-refractivity contribution is -0.134. The number of carbonyl (C=O) groups is 3. The van der Waals surface area contributed by atoms with Crippen molar-refractivity contribution in [2.24, 2.45) is 11.3 Å². The molecule has 4 atom stereocenters. The molecule has 3 aliphatic rings. The van der Waals surface area contributed by atoms with Crippen LogP contribution in [0.5, 0.6) is 0 Å². The Bertz CT molecular complexity index is 1890. The van der Waals surface area contributed by atoms with Crippen LogP contribution in [0.3, 0.4) is 0 Å². The molecule has 2 aromatic heterocycles. The Morgan fingerprint density at radius 1 is 1.08 bits per heavy atom. The second kappa shape index (κ2) is 13.8. The van der Waals surface area contributed by atoms with Gasteiger partial charge in [0.15, 0.2) is 0 Å². The molecule has 3 amide bonds. The van der Waals surface area contributed by atoms with Crippen molar-refractivity contribution in [2.45, 2.75) is 89.3 Å². The zero-order valence-electron chi connectivity index (χ0n) is 28.9. The molecule has 2 aliphatic carbocycles. The number of halogens is 1. The zero-order valence-corrected chi connectivity index (χ0v) is 29.7. The topological polar surface area (TPSA) is 143 Å². The molecule has 1 aliphatic heterocycles. The number of rotatable bonds is 13. The number of amides is 3. The predicted molar refractivity (Wildman–Crippen MR) is 191 cm³/mol. The van der Waals surface area contributed by atoms with Gasteiger partial charge in [0.1, 0.15) is 17.6 Å². The van der Waals surface area contributed by atoms with E-state index >= 15 is 0 Å². The Hall–Kier alpha value is -4.22. The highest BCUT2D eigenvalue weighted by molar-refractivity contribution is 6.31. The van der Waals surface area contributed by atoms with Gasteiger partial charge < -0.3 is 25.7 Å². The summed E-state index contributed by atoms with van der Waals surface area (Å²) in [5, 5.41) is 14.3. The maximum absolute atomic E-state index is 14.2. The number of aryl methyl sites for hydroxylation is 1. The predicted octanol–water partition coefficient (Wildman–Crippen LogP) is 5.57. The van der Waals surface area contributed by atoms with E-state index in [1.165, 1.54) is 0 Å². The van der Waals surface area contributed by atoms with Gasteiger partial charge in [0.25, 0.3) is 5.91 Å². The molecular formula is C38H46ClN7O4. The minimum atomic E-state index is -0.957. The maximum atomic E-state index is 14.2. The standard InChI is InChI=1S/C38H46ClN7O4/c1-4-40-35(48)31(23-9-8-10-23)45-36(49)38(18-20-50-22-38)24-13-14-27-28(21-24)43-33(42-27)32(44-34(47)29-15-19-41-46(29)5-2)30(37(3)16-17-37)25-11-6-7-12-26(25)39/h6-7,11-15,19,21,23,30-32H,4-5,8-10,16-18,20,22H2,1-3H3,(H,40,48)(H,42,43)(H,44,47)(H,45,49)/t30-,31+,32-,38?/m0/s1. The minimum Gasteiger partial charge on any atom is -0.380 e. The summed E-state index contributed by atoms with van der Waals surface area (Å²) >= 11 is 6.86. The number of nitrogens with one attached hydrogen (secondary N) is 4. The first-order chi connectivity index (χ1) is 24.2. The van der Waals surface area contributed by atoms with Crippen LogP contribution >= 0.6 is 11.6 Å². The number of aromatic amines is 1. The zero-order chi connectivity index (χ0) is 35.0. The first-order valence-corrected chi connectivity index (χ1v) is 18.3. The molecule has 3 fully saturated rings. The lowest BCUT2D eigenvalue weighted by Gasteiger charge is -2.36. The molecule has 7 rings (SSSR count). The van der Waals surface area contributed by atoms with Crippen LogP contribution in [0.15, 0.2) is 54.7 Å². The average molecular weight is 700 g/mol. The average Bonchev–Trinajstić information content (AvgIpc) is 3.50. The summed E-state index contributed by atoms with van der Waals surface area (Å²) in [6, 6.07) is 14.2. The number of ether oxygens (including phenoxy) is 1. The number of imidazole rings is 1. The van der Waals surface area contributed by atoms with E-state index in [-0.39, 0.29) is 41.6 Å². The van der Waals surface area contributed by atoms with E-state index in [9.17, 15) is 14.4 Å². The van der Waals surface area contributed by atoms with E-state index in [1.54, 1.807) is 16.9 Å². The molecule has 0 spiro atoms. The number of aromatic nitrogens is 4. The Balaban J connectivity index is 1.26. The van der Waals surface area contributed by atoms with Crippen molar-refractivity contribution in [3.63, 3.8) is 0 Å². The summed E-state index contributed by atoms with van der Waals surface area (Å²) in [6.07, 6.45) is 7.00. The number of carbonyl (C=O) groups excluding carboxylic acids is 3. The molecule has 264 valence electrons. The van der Waals surface area contributed by atoms with Gasteiger partial charge in [-0.2, -0.15) is 5.10 Å². The third-order valence-electron chi connectivity index (χ3n) is 11.2. The van der Waals surface area contributed by atoms with E-state index in [0.717, 1.165) is 48.7 Å². The van der Waals surface area contributed by atoms with Crippen molar-refractivity contribution < 1.29 is 19.1 Å². The van der Waals surface area contributed by atoms with Crippen LogP contribution in [-0.4, -0.2) is 63.3 Å². The summed E-state index contributed by atoms with van der Waals surface area (Å²) in [5.41, 5.74) is 2.61. The summed E-state index contributed by atoms with van der Waals surface area (Å²) in [7, 11) is 0. The van der Waals surface area contributed by atoms with Crippen LogP contribution in [0.4, 0.5) is 0 Å². The van der Waals surface area contributed by atoms with Crippen LogP contribution < -0.4 is 16.0 Å². The van der Waals surface area contributed by atoms with Gasteiger partial charge >= 0.3 is 0 Å². The second-order valence-corrected chi connectivity index (χ2v) is 14.8. The van der Waals surface area contributed by atoms with Gasteiger partial charge in [-0.3, -0.25) is 19.1 Å². The van der Waals surface area contributed by atoms with Crippen molar-refractivity contribution in [1.82, 2.24) is 35.7 Å². The van der Waals surface area contributed by atoms with Gasteiger partial charge in [-0.05, 0) is 92.7 Å². The first-order valence-electron chi connectivity index (χ1n) is 17.9. The number of hydrogen-bond acceptors (Lipinski definition) is 6. The fourth-order valence-electron chi connectivity index (χ4n) is 7.81. The van der Waals surface area contributed by atoms with E-state index in [2.05, 4.69) is 33.0 Å². The van der Waals surface area contributed by atoms with Gasteiger partial charge in [0, 0.05) is 36.8 Å². The monoisotopic (exact) mass is 699 g/mol. The number of fused-ring (bicyclic) bond motifs is 1. The molecule has 50 heavy (non-hydrogen) atoms. The Kier molecular flexibility index (Phi) is 9.47. The second-order valence-electron chi connectivity index (χ2n) is 14.4. The van der Waals surface area contributed by atoms with Crippen LogP contribution in [0.1, 0.15) is 98.7 Å². The SMILES string of the molecule is CCNC(=O)[C@H](NC(=O)C1(c2ccc3nc([C@@H](NC(=O)c4ccnn4CC)[C@H](c4ccccc4Cl)C4(C)CC4)[nH]c3c2)CCOC1)C1CCC1. The molecule has 2 aromatic carbocycles. The number of H-pyrrole nitrogens is 1. The molecular weight excluding hydrogens is 654 g/mol. The van der Waals surface area contributed by atoms with Gasteiger partial charge in [-0.15, -0.1) is 0 Å². The summed E-state index contributed by atoms with van der Waals surface area (Å²) in [4.78, 5) is 49.8. The Morgan fingerprint density at radius 3 is 2.54 bits per heavy atom. The minimum absolute atomic E-state index is 0.109. The number of benzene rings is 2. The largest absolute Gasteiger partial charge is 0.380 e. The lowest BCUT2D eigenvalue weighted by Crippen LogP contribution is -2.57. The third-order valence-corrected chi connectivity index (χ3v) is 11.6. The molecule has 1 unspecified atom stereocenters. The van der Waals surface area contributed by atoms with Crippen LogP contribution in [-0.2, 0) is 26.3 Å². The first kappa shape index (κ1) is 34.2. The molecule has 11 nitrogen and oxygen atoms in total. The van der Waals surface area contributed by atoms with Crippen molar-refractivity contribution >= 4 is 40.4 Å². The highest BCUT2D eigenvalue weighted by Gasteiger charge is 2.51. The normalized spacial score (nSPS) is 21.6. The Morgan fingerprint density at radius 2 is 1.88 bits per heavy atom. The van der Waals surface area contributed by atoms with Crippen molar-refractivity contribution in [3.8, 4) is 0 Å². The van der Waals surface area contributed by atoms with Crippen LogP contribution in [0.2, 0.25) is 5.02 Å². The summed E-state index contributed by atoms with van der Waals surface area (Å²) in [6.45, 7) is 7.79. The highest BCUT2D eigenvalue weighted by atomic mass is 35.5. The maximum Gasteiger partial charge on any atom is 0.270 e. The number of likely N-dealkylation sites (N-methyl/N-ethyl adjacent to an activating group) is 1. The van der Waals surface area contributed by atoms with Crippen LogP contribution in [0.25, 0.3) is 11.0 Å². The van der Waals surface area contributed by atoms with Gasteiger partial charge in [-0.1, -0.05) is 49.2 Å². The smallest absolute Gasteiger partial charge is 0.270 e. The van der Waals surface area contributed by atoms with E-state index < -0.39 is 17.5 Å². The lowest BCUT2D eigenvalue weighted by atomic mass is 9.76. The highest BCUT2D eigenvalue weighted by Crippen LogP contribution is 2.60. The molecule has 3 heterocycles. The third kappa shape index (κ3) is 6.30. The van der Waals surface area contributed by atoms with E-state index in [4.69, 9.17) is 21.3 Å². The molecule has 2 saturated carbocycles. The van der Waals surface area contributed by atoms with Gasteiger partial charge in [-0.25, -0.2) is 4.98 Å². The molecule has 0 radical (unpaired) electrons. The molecule has 12 heteroatoms. The Labute approximate surface area is 297 Å². The van der Waals surface area contributed by atoms with Gasteiger partial charge in [0.05, 0.1) is 29.1 Å². The summed E-state index contributed by atoms with van der Waals surface area (Å²) < 4.78 is 7.54. The van der Waals surface area contributed by atoms with E-state index in [0.29, 0.717) is 48.2 Å². The molecule has 4 N–H and O–H groups in total. The quantitative estimate of drug-likeness (QED) is 0.144. The van der Waals surface area contributed by atoms with Crippen molar-refractivity contribution in [2.75, 3.05) is 19.8 Å². The van der Waals surface area contributed by atoms with Crippen LogP contribution in [0, 0.1) is 11.3 Å². The summed E-state index contributed by atoms with van der Waals surface area (Å²) in [5.74, 6) is -0.0189. The number of hydrogen-bond donors (Lipinski definition) is 4. The van der Waals surface area contributed by atoms with Crippen molar-refractivity contribution in [1.29, 1.82) is 0 Å². The van der Waals surface area contributed by atoms with Gasteiger partial charge in [0.2, 0.25) is 11.8 Å². The molecule has 4 aromatic rings. The molecule has 1 saturated heterocycles. The fourth-order valence-corrected chi connectivity index (χ4v) is 8.06. The van der Waals surface area contributed by atoms with Crippen molar-refractivity contribution in [3.05, 3.63) is 82.4 Å². The molecule has 0 bridgehead atoms.